The highest BCUT2D eigenvalue weighted by molar-refractivity contribution is 5.86. The molecule has 100 valence electrons. The van der Waals surface area contributed by atoms with Gasteiger partial charge in [-0.15, -0.1) is 0 Å². The molecule has 0 bridgehead atoms. The maximum atomic E-state index is 11.8. The number of hydrogen-bond acceptors (Lipinski definition) is 2. The lowest BCUT2D eigenvalue weighted by Crippen LogP contribution is -2.51. The summed E-state index contributed by atoms with van der Waals surface area (Å²) in [6.07, 6.45) is 0. The molecule has 0 heterocycles. The number of primary amides is 1. The van der Waals surface area contributed by atoms with E-state index in [1.54, 1.807) is 0 Å². The van der Waals surface area contributed by atoms with Gasteiger partial charge in [-0.1, -0.05) is 37.6 Å². The van der Waals surface area contributed by atoms with Crippen LogP contribution in [0, 0.1) is 19.8 Å². The Morgan fingerprint density at radius 3 is 2.44 bits per heavy atom. The fourth-order valence-electron chi connectivity index (χ4n) is 2.10. The normalized spacial score (nSPS) is 14.6. The number of nitrogens with one attached hydrogen (secondary N) is 1. The molecule has 1 unspecified atom stereocenters. The lowest BCUT2D eigenvalue weighted by molar-refractivity contribution is -0.124. The second-order valence-corrected chi connectivity index (χ2v) is 5.58. The molecule has 0 saturated carbocycles. The zero-order valence-electron chi connectivity index (χ0n) is 12.0. The number of amides is 1. The topological polar surface area (TPSA) is 55.1 Å². The summed E-state index contributed by atoms with van der Waals surface area (Å²) in [6, 6.07) is 6.08. The first-order valence-corrected chi connectivity index (χ1v) is 6.40. The summed E-state index contributed by atoms with van der Waals surface area (Å²) in [5, 5.41) is 3.30. The lowest BCUT2D eigenvalue weighted by atomic mass is 9.86. The van der Waals surface area contributed by atoms with E-state index in [0.717, 1.165) is 17.7 Å². The summed E-state index contributed by atoms with van der Waals surface area (Å²) < 4.78 is 0. The Morgan fingerprint density at radius 1 is 1.39 bits per heavy atom. The predicted octanol–water partition coefficient (Wildman–Crippen LogP) is 2.25. The van der Waals surface area contributed by atoms with Gasteiger partial charge in [0.05, 0.1) is 0 Å². The third-order valence-corrected chi connectivity index (χ3v) is 3.28. The molecule has 1 rings (SSSR count). The number of nitrogens with two attached hydrogens (primary N) is 1. The Morgan fingerprint density at radius 2 is 2.00 bits per heavy atom. The quantitative estimate of drug-likeness (QED) is 0.839. The van der Waals surface area contributed by atoms with Gasteiger partial charge in [0.15, 0.2) is 0 Å². The Balaban J connectivity index is 3.14. The second kappa shape index (κ2) is 5.53. The van der Waals surface area contributed by atoms with Crippen molar-refractivity contribution >= 4 is 5.91 Å². The van der Waals surface area contributed by atoms with Crippen molar-refractivity contribution < 1.29 is 4.79 Å². The highest BCUT2D eigenvalue weighted by Crippen LogP contribution is 2.25. The molecule has 0 spiro atoms. The molecule has 1 amide bonds. The van der Waals surface area contributed by atoms with E-state index >= 15 is 0 Å². The van der Waals surface area contributed by atoms with Crippen molar-refractivity contribution in [3.8, 4) is 0 Å². The summed E-state index contributed by atoms with van der Waals surface area (Å²) in [5.74, 6) is 0.129. The molecule has 1 atom stereocenters. The van der Waals surface area contributed by atoms with Crippen LogP contribution < -0.4 is 11.1 Å². The fraction of sp³-hybridized carbons (Fsp3) is 0.533. The van der Waals surface area contributed by atoms with Gasteiger partial charge in [0.25, 0.3) is 0 Å². The van der Waals surface area contributed by atoms with Crippen molar-refractivity contribution in [1.82, 2.24) is 5.32 Å². The Kier molecular flexibility index (Phi) is 4.52. The molecule has 3 N–H and O–H groups in total. The van der Waals surface area contributed by atoms with E-state index in [1.165, 1.54) is 5.56 Å². The van der Waals surface area contributed by atoms with Gasteiger partial charge in [-0.25, -0.2) is 0 Å². The first-order chi connectivity index (χ1) is 8.27. The summed E-state index contributed by atoms with van der Waals surface area (Å²) in [5.41, 5.74) is 8.03. The van der Waals surface area contributed by atoms with E-state index in [0.29, 0.717) is 5.92 Å². The smallest absolute Gasteiger partial charge is 0.242 e. The van der Waals surface area contributed by atoms with E-state index < -0.39 is 5.54 Å². The molecular weight excluding hydrogens is 224 g/mol. The highest BCUT2D eigenvalue weighted by Gasteiger charge is 2.33. The van der Waals surface area contributed by atoms with E-state index in [2.05, 4.69) is 25.2 Å². The van der Waals surface area contributed by atoms with Crippen LogP contribution in [0.1, 0.15) is 37.5 Å². The van der Waals surface area contributed by atoms with Crippen molar-refractivity contribution in [2.75, 3.05) is 6.54 Å². The summed E-state index contributed by atoms with van der Waals surface area (Å²) in [7, 11) is 0. The molecule has 0 fully saturated rings. The van der Waals surface area contributed by atoms with Crippen LogP contribution in [0.25, 0.3) is 0 Å². The van der Waals surface area contributed by atoms with E-state index in [9.17, 15) is 4.79 Å². The van der Waals surface area contributed by atoms with Crippen LogP contribution in [0.15, 0.2) is 18.2 Å². The van der Waals surface area contributed by atoms with Gasteiger partial charge in [-0.3, -0.25) is 10.1 Å². The van der Waals surface area contributed by atoms with E-state index in [1.807, 2.05) is 32.9 Å². The van der Waals surface area contributed by atoms with Crippen molar-refractivity contribution in [3.05, 3.63) is 34.9 Å². The van der Waals surface area contributed by atoms with Crippen molar-refractivity contribution in [3.63, 3.8) is 0 Å². The first-order valence-electron chi connectivity index (χ1n) is 6.40. The monoisotopic (exact) mass is 248 g/mol. The van der Waals surface area contributed by atoms with Gasteiger partial charge in [-0.05, 0) is 44.4 Å². The average Bonchev–Trinajstić information content (AvgIpc) is 2.25. The van der Waals surface area contributed by atoms with Crippen LogP contribution >= 0.6 is 0 Å². The molecule has 18 heavy (non-hydrogen) atoms. The molecule has 3 heteroatoms. The van der Waals surface area contributed by atoms with Crippen LogP contribution in [0.5, 0.6) is 0 Å². The minimum atomic E-state index is -0.804. The molecule has 3 nitrogen and oxygen atoms in total. The molecule has 0 aromatic heterocycles. The standard InChI is InChI=1S/C15H24N2O/c1-10(2)9-17-15(5,14(16)18)13-7-6-11(3)8-12(13)4/h6-8,10,17H,9H2,1-5H3,(H2,16,18). The van der Waals surface area contributed by atoms with Crippen LogP contribution in [0.2, 0.25) is 0 Å². The van der Waals surface area contributed by atoms with Gasteiger partial charge in [0, 0.05) is 0 Å². The van der Waals surface area contributed by atoms with Gasteiger partial charge < -0.3 is 5.73 Å². The molecular formula is C15H24N2O. The predicted molar refractivity (Wildman–Crippen MR) is 75.3 cm³/mol. The Hall–Kier alpha value is -1.35. The molecule has 1 aromatic rings. The number of rotatable bonds is 5. The number of carbonyl (C=O) groups is 1. The van der Waals surface area contributed by atoms with Crippen LogP contribution in [0.3, 0.4) is 0 Å². The average molecular weight is 248 g/mol. The molecule has 0 aliphatic rings. The SMILES string of the molecule is Cc1ccc(C(C)(NCC(C)C)C(N)=O)c(C)c1. The highest BCUT2D eigenvalue weighted by atomic mass is 16.1. The maximum Gasteiger partial charge on any atom is 0.242 e. The third-order valence-electron chi connectivity index (χ3n) is 3.28. The minimum Gasteiger partial charge on any atom is -0.368 e. The molecule has 0 saturated heterocycles. The van der Waals surface area contributed by atoms with Gasteiger partial charge in [0.2, 0.25) is 5.91 Å². The Labute approximate surface area is 110 Å². The zero-order chi connectivity index (χ0) is 13.9. The number of hydrogen-bond donors (Lipinski definition) is 2. The van der Waals surface area contributed by atoms with E-state index in [-0.39, 0.29) is 5.91 Å². The summed E-state index contributed by atoms with van der Waals surface area (Å²) >= 11 is 0. The summed E-state index contributed by atoms with van der Waals surface area (Å²) in [4.78, 5) is 11.8. The van der Waals surface area contributed by atoms with Crippen LogP contribution in [0.4, 0.5) is 0 Å². The van der Waals surface area contributed by atoms with Gasteiger partial charge >= 0.3 is 0 Å². The first kappa shape index (κ1) is 14.7. The number of aryl methyl sites for hydroxylation is 2. The van der Waals surface area contributed by atoms with Crippen molar-refractivity contribution in [2.24, 2.45) is 11.7 Å². The Bertz CT molecular complexity index is 440. The molecule has 0 aliphatic carbocycles. The number of benzene rings is 1. The zero-order valence-corrected chi connectivity index (χ0v) is 12.0. The second-order valence-electron chi connectivity index (χ2n) is 5.58. The maximum absolute atomic E-state index is 11.8. The van der Waals surface area contributed by atoms with Crippen molar-refractivity contribution in [1.29, 1.82) is 0 Å². The number of carbonyl (C=O) groups excluding carboxylic acids is 1. The fourth-order valence-corrected chi connectivity index (χ4v) is 2.10. The molecule has 1 aromatic carbocycles. The van der Waals surface area contributed by atoms with Crippen LogP contribution in [-0.4, -0.2) is 12.5 Å². The molecule has 0 radical (unpaired) electrons. The lowest BCUT2D eigenvalue weighted by Gasteiger charge is -2.30. The third kappa shape index (κ3) is 3.10. The van der Waals surface area contributed by atoms with Gasteiger partial charge in [0.1, 0.15) is 5.54 Å². The molecule has 0 aliphatic heterocycles. The largest absolute Gasteiger partial charge is 0.368 e. The minimum absolute atomic E-state index is 0.338. The van der Waals surface area contributed by atoms with E-state index in [4.69, 9.17) is 5.73 Å². The summed E-state index contributed by atoms with van der Waals surface area (Å²) in [6.45, 7) is 10.9. The van der Waals surface area contributed by atoms with Crippen molar-refractivity contribution in [2.45, 2.75) is 40.2 Å². The van der Waals surface area contributed by atoms with Crippen LogP contribution in [-0.2, 0) is 10.3 Å². The van der Waals surface area contributed by atoms with Gasteiger partial charge in [-0.2, -0.15) is 0 Å².